The summed E-state index contributed by atoms with van der Waals surface area (Å²) in [5, 5.41) is 20.4. The Hall–Kier alpha value is -5.50. The maximum absolute atomic E-state index is 14.6. The zero-order valence-electron chi connectivity index (χ0n) is 31.7. The van der Waals surface area contributed by atoms with Crippen LogP contribution < -0.4 is 15.2 Å². The van der Waals surface area contributed by atoms with E-state index in [4.69, 9.17) is 5.10 Å². The van der Waals surface area contributed by atoms with E-state index in [1.165, 1.54) is 55.8 Å². The van der Waals surface area contributed by atoms with Crippen LogP contribution >= 0.6 is 23.5 Å². The molecule has 57 heavy (non-hydrogen) atoms. The molecule has 4 aromatic heterocycles. The van der Waals surface area contributed by atoms with Crippen LogP contribution in [0.4, 0.5) is 15.8 Å². The first-order valence-electron chi connectivity index (χ1n) is 17.9. The molecule has 296 valence electrons. The van der Waals surface area contributed by atoms with E-state index < -0.39 is 21.7 Å². The van der Waals surface area contributed by atoms with Crippen LogP contribution in [0, 0.1) is 5.82 Å². The van der Waals surface area contributed by atoms with E-state index in [1.54, 1.807) is 55.1 Å². The predicted octanol–water partition coefficient (Wildman–Crippen LogP) is 5.02. The lowest BCUT2D eigenvalue weighted by Crippen LogP contribution is -2.36. The Morgan fingerprint density at radius 3 is 2.18 bits per heavy atom. The van der Waals surface area contributed by atoms with Gasteiger partial charge in [-0.15, -0.1) is 14.9 Å². The molecular weight excluding hydrogens is 790 g/mol. The summed E-state index contributed by atoms with van der Waals surface area (Å²) >= 11 is 2.44. The van der Waals surface area contributed by atoms with E-state index >= 15 is 0 Å². The lowest BCUT2D eigenvalue weighted by Gasteiger charge is -2.11. The van der Waals surface area contributed by atoms with Gasteiger partial charge in [0.05, 0.1) is 45.8 Å². The molecule has 0 radical (unpaired) electrons. The quantitative estimate of drug-likeness (QED) is 0.0934. The molecule has 0 bridgehead atoms. The molecule has 2 aromatic carbocycles. The number of carbonyl (C=O) groups is 2. The fraction of sp³-hybridized carbons (Fsp3) is 0.263. The van der Waals surface area contributed by atoms with E-state index in [-0.39, 0.29) is 28.0 Å². The van der Waals surface area contributed by atoms with Crippen LogP contribution in [0.5, 0.6) is 0 Å². The average molecular weight is 831 g/mol. The standard InChI is InChI=1S/C38H40FN11O4S3/c1-5-26-11-16-32(31(39)21-26)43-34(52)25-55-37-45-44-35(27-9-7-17-40-22-27)49(37)19-20-50-36(28-10-8-18-41-23-28)48(6-2)38(46-50)56-24-33(51)42-29-12-14-30(15-13-29)57(53,54)47(3)4/h7-18,21-23H,5-6,19-20,24-25H2,1-4H3,(H-,42,43,51,52)/p+1. The third-order valence-electron chi connectivity index (χ3n) is 8.64. The third kappa shape index (κ3) is 9.91. The molecule has 15 nitrogen and oxygen atoms in total. The van der Waals surface area contributed by atoms with Crippen molar-refractivity contribution in [3.05, 3.63) is 103 Å². The van der Waals surface area contributed by atoms with Gasteiger partial charge in [0.15, 0.2) is 11.0 Å². The number of carbonyl (C=O) groups excluding carboxylic acids is 2. The zero-order chi connectivity index (χ0) is 40.5. The SMILES string of the molecule is CCc1ccc(NC(=O)CSc2nnc(-c3cccnc3)n2CCn2nc(SCC(=O)Nc3ccc(S(=O)(=O)N(C)C)cc3)[n+](CC)c2-c2cccnc2)c(F)c1. The molecule has 0 aliphatic carbocycles. The molecule has 4 heterocycles. The van der Waals surface area contributed by atoms with Gasteiger partial charge in [-0.25, -0.2) is 21.7 Å². The number of sulfonamides is 1. The summed E-state index contributed by atoms with van der Waals surface area (Å²) in [4.78, 5) is 34.8. The highest BCUT2D eigenvalue weighted by atomic mass is 32.2. The van der Waals surface area contributed by atoms with Crippen LogP contribution in [0.25, 0.3) is 22.8 Å². The Labute approximate surface area is 338 Å². The summed E-state index contributed by atoms with van der Waals surface area (Å²) < 4.78 is 46.4. The number of hydrogen-bond donors (Lipinski definition) is 2. The van der Waals surface area contributed by atoms with Crippen molar-refractivity contribution in [3.8, 4) is 22.8 Å². The Morgan fingerprint density at radius 2 is 1.54 bits per heavy atom. The highest BCUT2D eigenvalue weighted by Gasteiger charge is 2.28. The summed E-state index contributed by atoms with van der Waals surface area (Å²) in [5.74, 6) is 0.131. The Balaban J connectivity index is 1.22. The second-order valence-electron chi connectivity index (χ2n) is 12.7. The topological polar surface area (TPSA) is 174 Å². The number of aromatic nitrogens is 8. The lowest BCUT2D eigenvalue weighted by atomic mass is 10.1. The van der Waals surface area contributed by atoms with E-state index in [1.807, 2.05) is 45.9 Å². The Bertz CT molecular complexity index is 2450. The van der Waals surface area contributed by atoms with Crippen LogP contribution in [0.3, 0.4) is 0 Å². The first-order chi connectivity index (χ1) is 27.5. The molecule has 0 unspecified atom stereocenters. The fourth-order valence-electron chi connectivity index (χ4n) is 5.73. The van der Waals surface area contributed by atoms with E-state index in [2.05, 4.69) is 30.8 Å². The number of rotatable bonds is 17. The van der Waals surface area contributed by atoms with Crippen LogP contribution in [-0.2, 0) is 45.7 Å². The second kappa shape index (κ2) is 18.6. The van der Waals surface area contributed by atoms with Gasteiger partial charge in [0.1, 0.15) is 12.4 Å². The van der Waals surface area contributed by atoms with Crippen LogP contribution in [0.2, 0.25) is 0 Å². The fourth-order valence-corrected chi connectivity index (χ4v) is 8.25. The lowest BCUT2D eigenvalue weighted by molar-refractivity contribution is -0.719. The van der Waals surface area contributed by atoms with E-state index in [0.717, 1.165) is 26.8 Å². The monoisotopic (exact) mass is 830 g/mol. The minimum absolute atomic E-state index is 0.0351. The van der Waals surface area contributed by atoms with Gasteiger partial charge < -0.3 is 10.6 Å². The summed E-state index contributed by atoms with van der Waals surface area (Å²) in [7, 11) is -0.686. The normalized spacial score (nSPS) is 11.5. The van der Waals surface area contributed by atoms with Crippen molar-refractivity contribution in [2.24, 2.45) is 0 Å². The van der Waals surface area contributed by atoms with Gasteiger partial charge in [-0.05, 0) is 91.3 Å². The molecule has 6 aromatic rings. The second-order valence-corrected chi connectivity index (χ2v) is 16.7. The molecule has 0 saturated carbocycles. The van der Waals surface area contributed by atoms with Crippen LogP contribution in [-0.4, -0.2) is 84.7 Å². The van der Waals surface area contributed by atoms with Crippen molar-refractivity contribution >= 4 is 56.7 Å². The Morgan fingerprint density at radius 1 is 0.860 bits per heavy atom. The summed E-state index contributed by atoms with van der Waals surface area (Å²) in [6.07, 6.45) is 7.47. The average Bonchev–Trinajstić information content (AvgIpc) is 3.80. The van der Waals surface area contributed by atoms with Gasteiger partial charge in [-0.1, -0.05) is 24.8 Å². The maximum atomic E-state index is 14.6. The number of thioether (sulfide) groups is 2. The van der Waals surface area contributed by atoms with Crippen LogP contribution in [0.1, 0.15) is 19.4 Å². The van der Waals surface area contributed by atoms with E-state index in [9.17, 15) is 22.4 Å². The smallest absolute Gasteiger partial charge is 0.325 e. The molecule has 2 amide bonds. The van der Waals surface area contributed by atoms with Crippen molar-refractivity contribution in [3.63, 3.8) is 0 Å². The van der Waals surface area contributed by atoms with Crippen molar-refractivity contribution in [1.29, 1.82) is 0 Å². The molecule has 2 N–H and O–H groups in total. The first kappa shape index (κ1) is 41.1. The molecule has 0 atom stereocenters. The molecule has 0 aliphatic heterocycles. The van der Waals surface area contributed by atoms with Crippen molar-refractivity contribution in [2.75, 3.05) is 36.2 Å². The third-order valence-corrected chi connectivity index (χ3v) is 12.4. The van der Waals surface area contributed by atoms with Crippen molar-refractivity contribution < 1.29 is 27.0 Å². The van der Waals surface area contributed by atoms with Gasteiger partial charge in [0, 0.05) is 50.1 Å². The number of halogens is 1. The number of nitrogens with zero attached hydrogens (tertiary/aromatic N) is 9. The van der Waals surface area contributed by atoms with Gasteiger partial charge in [0.2, 0.25) is 21.8 Å². The number of nitrogens with one attached hydrogen (secondary N) is 2. The molecule has 19 heteroatoms. The highest BCUT2D eigenvalue weighted by molar-refractivity contribution is 8.00. The van der Waals surface area contributed by atoms with Gasteiger partial charge in [-0.2, -0.15) is 0 Å². The minimum Gasteiger partial charge on any atom is -0.325 e. The zero-order valence-corrected chi connectivity index (χ0v) is 34.1. The minimum atomic E-state index is -3.60. The molecule has 6 rings (SSSR count). The molecular formula is C38H41FN11O4S3+. The van der Waals surface area contributed by atoms with Crippen molar-refractivity contribution in [1.82, 2.24) is 38.8 Å². The maximum Gasteiger partial charge on any atom is 0.337 e. The number of benzene rings is 2. The Kier molecular flexibility index (Phi) is 13.4. The summed E-state index contributed by atoms with van der Waals surface area (Å²) in [5.41, 5.74) is 2.95. The largest absolute Gasteiger partial charge is 0.337 e. The molecule has 0 saturated heterocycles. The molecule has 0 aliphatic rings. The number of aryl methyl sites for hydroxylation is 2. The number of amides is 2. The first-order valence-corrected chi connectivity index (χ1v) is 21.3. The predicted molar refractivity (Wildman–Crippen MR) is 216 cm³/mol. The molecule has 0 spiro atoms. The molecule has 0 fully saturated rings. The number of anilines is 2. The van der Waals surface area contributed by atoms with Gasteiger partial charge >= 0.3 is 5.16 Å². The number of pyridine rings is 2. The van der Waals surface area contributed by atoms with E-state index in [0.29, 0.717) is 47.9 Å². The van der Waals surface area contributed by atoms with Gasteiger partial charge in [0.25, 0.3) is 5.82 Å². The van der Waals surface area contributed by atoms with Crippen molar-refractivity contribution in [2.45, 2.75) is 55.1 Å². The number of hydrogen-bond acceptors (Lipinski definition) is 11. The highest BCUT2D eigenvalue weighted by Crippen LogP contribution is 2.26. The summed E-state index contributed by atoms with van der Waals surface area (Å²) in [6.45, 7) is 5.16. The van der Waals surface area contributed by atoms with Gasteiger partial charge in [-0.3, -0.25) is 24.1 Å². The van der Waals surface area contributed by atoms with Crippen LogP contribution in [0.15, 0.2) is 107 Å². The summed E-state index contributed by atoms with van der Waals surface area (Å²) in [6, 6.07) is 18.2.